The average Bonchev–Trinajstić information content (AvgIpc) is 2.46. The van der Waals surface area contributed by atoms with Gasteiger partial charge in [-0.3, -0.25) is 4.79 Å². The van der Waals surface area contributed by atoms with E-state index >= 15 is 0 Å². The number of piperidine rings is 1. The maximum atomic E-state index is 11.2. The number of carboxylic acids is 1. The van der Waals surface area contributed by atoms with Crippen molar-refractivity contribution in [2.24, 2.45) is 5.41 Å². The first-order chi connectivity index (χ1) is 9.16. The molecule has 0 amide bonds. The smallest absolute Gasteiger partial charge is 0.324 e. The minimum Gasteiger partial charge on any atom is -0.480 e. The topological polar surface area (TPSA) is 64.3 Å². The summed E-state index contributed by atoms with van der Waals surface area (Å²) in [6.07, 6.45) is 1.81. The predicted octanol–water partition coefficient (Wildman–Crippen LogP) is 1.92. The molecule has 4 nitrogen and oxygen atoms in total. The molecule has 1 heterocycles. The quantitative estimate of drug-likeness (QED) is 0.896. The van der Waals surface area contributed by atoms with E-state index in [4.69, 9.17) is 10.4 Å². The summed E-state index contributed by atoms with van der Waals surface area (Å²) in [5, 5.41) is 18.2. The van der Waals surface area contributed by atoms with E-state index in [1.54, 1.807) is 0 Å². The Labute approximate surface area is 113 Å². The Morgan fingerprint density at radius 3 is 2.47 bits per heavy atom. The second-order valence-electron chi connectivity index (χ2n) is 5.08. The van der Waals surface area contributed by atoms with Crippen molar-refractivity contribution in [2.45, 2.75) is 19.3 Å². The lowest BCUT2D eigenvalue weighted by atomic mass is 9.80. The molecule has 1 aliphatic rings. The molecule has 0 aromatic heterocycles. The van der Waals surface area contributed by atoms with E-state index in [1.807, 2.05) is 24.3 Å². The van der Waals surface area contributed by atoms with Crippen molar-refractivity contribution >= 4 is 5.97 Å². The molecule has 1 aliphatic heterocycles. The van der Waals surface area contributed by atoms with Crippen molar-refractivity contribution in [3.8, 4) is 6.07 Å². The highest BCUT2D eigenvalue weighted by Crippen LogP contribution is 2.30. The zero-order chi connectivity index (χ0) is 13.7. The molecule has 1 aromatic carbocycles. The third-order valence-corrected chi connectivity index (χ3v) is 3.89. The van der Waals surface area contributed by atoms with Crippen molar-refractivity contribution in [1.82, 2.24) is 4.90 Å². The van der Waals surface area contributed by atoms with Crippen LogP contribution in [0.4, 0.5) is 0 Å². The van der Waals surface area contributed by atoms with Gasteiger partial charge in [-0.05, 0) is 24.8 Å². The minimum absolute atomic E-state index is 0.424. The molecular weight excluding hydrogens is 240 g/mol. The van der Waals surface area contributed by atoms with Gasteiger partial charge in [-0.15, -0.1) is 0 Å². The fourth-order valence-electron chi connectivity index (χ4n) is 2.46. The highest BCUT2D eigenvalue weighted by molar-refractivity contribution is 5.78. The van der Waals surface area contributed by atoms with Crippen LogP contribution in [0.15, 0.2) is 30.3 Å². The summed E-state index contributed by atoms with van der Waals surface area (Å²) in [6, 6.07) is 12.2. The van der Waals surface area contributed by atoms with E-state index < -0.39 is 11.4 Å². The third kappa shape index (κ3) is 3.12. The number of carbonyl (C=O) groups is 1. The molecule has 0 unspecified atom stereocenters. The molecule has 1 fully saturated rings. The minimum atomic E-state index is -1.16. The van der Waals surface area contributed by atoms with E-state index in [-0.39, 0.29) is 0 Å². The summed E-state index contributed by atoms with van der Waals surface area (Å²) >= 11 is 0. The van der Waals surface area contributed by atoms with Gasteiger partial charge in [0.2, 0.25) is 0 Å². The van der Waals surface area contributed by atoms with Crippen LogP contribution in [0.5, 0.6) is 0 Å². The summed E-state index contributed by atoms with van der Waals surface area (Å²) in [4.78, 5) is 13.4. The third-order valence-electron chi connectivity index (χ3n) is 3.89. The van der Waals surface area contributed by atoms with Crippen LogP contribution in [0, 0.1) is 16.7 Å². The molecule has 100 valence electrons. The molecule has 4 heteroatoms. The maximum Gasteiger partial charge on any atom is 0.324 e. The Morgan fingerprint density at radius 1 is 1.32 bits per heavy atom. The number of nitrogens with zero attached hydrogens (tertiary/aromatic N) is 2. The first kappa shape index (κ1) is 13.6. The highest BCUT2D eigenvalue weighted by Gasteiger charge is 2.41. The lowest BCUT2D eigenvalue weighted by Crippen LogP contribution is -2.44. The van der Waals surface area contributed by atoms with Gasteiger partial charge in [0.15, 0.2) is 5.41 Å². The molecule has 0 aliphatic carbocycles. The number of likely N-dealkylation sites (tertiary alicyclic amines) is 1. The SMILES string of the molecule is N#CC1(C(=O)O)CCN(CCc2ccccc2)CC1. The highest BCUT2D eigenvalue weighted by atomic mass is 16.4. The Balaban J connectivity index is 1.84. The Morgan fingerprint density at radius 2 is 1.95 bits per heavy atom. The van der Waals surface area contributed by atoms with Crippen LogP contribution in [0.3, 0.4) is 0 Å². The zero-order valence-electron chi connectivity index (χ0n) is 10.9. The summed E-state index contributed by atoms with van der Waals surface area (Å²) in [5.41, 5.74) is 0.126. The number of benzene rings is 1. The number of hydrogen-bond donors (Lipinski definition) is 1. The van der Waals surface area contributed by atoms with Crippen LogP contribution in [0.25, 0.3) is 0 Å². The fourth-order valence-corrected chi connectivity index (χ4v) is 2.46. The molecule has 0 bridgehead atoms. The van der Waals surface area contributed by atoms with Crippen molar-refractivity contribution in [3.63, 3.8) is 0 Å². The van der Waals surface area contributed by atoms with Crippen LogP contribution in [0.1, 0.15) is 18.4 Å². The number of nitriles is 1. The van der Waals surface area contributed by atoms with E-state index in [9.17, 15) is 4.79 Å². The van der Waals surface area contributed by atoms with Crippen LogP contribution in [0.2, 0.25) is 0 Å². The molecule has 0 saturated carbocycles. The van der Waals surface area contributed by atoms with Crippen LogP contribution in [-0.4, -0.2) is 35.6 Å². The van der Waals surface area contributed by atoms with Gasteiger partial charge in [0.1, 0.15) is 0 Å². The summed E-state index contributed by atoms with van der Waals surface area (Å²) in [7, 11) is 0. The molecule has 0 spiro atoms. The van der Waals surface area contributed by atoms with Gasteiger partial charge in [-0.2, -0.15) is 5.26 Å². The molecule has 1 saturated heterocycles. The molecule has 0 atom stereocenters. The number of rotatable bonds is 4. The second-order valence-corrected chi connectivity index (χ2v) is 5.08. The Hall–Kier alpha value is -1.86. The average molecular weight is 258 g/mol. The van der Waals surface area contributed by atoms with Gasteiger partial charge in [0.05, 0.1) is 6.07 Å². The first-order valence-corrected chi connectivity index (χ1v) is 6.57. The van der Waals surface area contributed by atoms with Crippen molar-refractivity contribution in [1.29, 1.82) is 5.26 Å². The van der Waals surface area contributed by atoms with E-state index in [2.05, 4.69) is 17.0 Å². The first-order valence-electron chi connectivity index (χ1n) is 6.57. The zero-order valence-corrected chi connectivity index (χ0v) is 10.9. The van der Waals surface area contributed by atoms with Gasteiger partial charge < -0.3 is 10.0 Å². The number of aliphatic carboxylic acids is 1. The Kier molecular flexibility index (Phi) is 4.18. The molecule has 19 heavy (non-hydrogen) atoms. The van der Waals surface area contributed by atoms with Gasteiger partial charge in [0, 0.05) is 19.6 Å². The van der Waals surface area contributed by atoms with Crippen LogP contribution in [-0.2, 0) is 11.2 Å². The molecule has 0 radical (unpaired) electrons. The van der Waals surface area contributed by atoms with Gasteiger partial charge in [0.25, 0.3) is 0 Å². The van der Waals surface area contributed by atoms with Crippen molar-refractivity contribution < 1.29 is 9.90 Å². The molecule has 1 aromatic rings. The van der Waals surface area contributed by atoms with E-state index in [1.165, 1.54) is 5.56 Å². The van der Waals surface area contributed by atoms with Gasteiger partial charge in [-0.25, -0.2) is 0 Å². The van der Waals surface area contributed by atoms with Gasteiger partial charge >= 0.3 is 5.97 Å². The van der Waals surface area contributed by atoms with Gasteiger partial charge in [-0.1, -0.05) is 30.3 Å². The second kappa shape index (κ2) is 5.85. The van der Waals surface area contributed by atoms with E-state index in [0.29, 0.717) is 25.9 Å². The lowest BCUT2D eigenvalue weighted by Gasteiger charge is -2.34. The normalized spacial score (nSPS) is 18.7. The standard InChI is InChI=1S/C15H18N2O2/c16-12-15(14(18)19)7-10-17(11-8-15)9-6-13-4-2-1-3-5-13/h1-5H,6-11H2,(H,18,19). The summed E-state index contributed by atoms with van der Waals surface area (Å²) < 4.78 is 0. The van der Waals surface area contributed by atoms with Crippen LogP contribution >= 0.6 is 0 Å². The van der Waals surface area contributed by atoms with Crippen molar-refractivity contribution in [3.05, 3.63) is 35.9 Å². The largest absolute Gasteiger partial charge is 0.480 e. The number of hydrogen-bond acceptors (Lipinski definition) is 3. The van der Waals surface area contributed by atoms with Crippen LogP contribution < -0.4 is 0 Å². The summed E-state index contributed by atoms with van der Waals surface area (Å²) in [5.74, 6) is -0.974. The van der Waals surface area contributed by atoms with Crippen molar-refractivity contribution in [2.75, 3.05) is 19.6 Å². The molecule has 2 rings (SSSR count). The van der Waals surface area contributed by atoms with E-state index in [0.717, 1.165) is 13.0 Å². The molecular formula is C15H18N2O2. The predicted molar refractivity (Wildman–Crippen MR) is 71.5 cm³/mol. The molecule has 1 N–H and O–H groups in total. The summed E-state index contributed by atoms with van der Waals surface area (Å²) in [6.45, 7) is 2.30. The monoisotopic (exact) mass is 258 g/mol. The maximum absolute atomic E-state index is 11.2. The number of carboxylic acid groups (broad SMARTS) is 1. The lowest BCUT2D eigenvalue weighted by molar-refractivity contribution is -0.147. The Bertz CT molecular complexity index is 471. The fraction of sp³-hybridized carbons (Fsp3) is 0.467.